The molecule has 1 heterocycles. The molecule has 17 heavy (non-hydrogen) atoms. The summed E-state index contributed by atoms with van der Waals surface area (Å²) < 4.78 is 1.01. The molecule has 4 heteroatoms. The lowest BCUT2D eigenvalue weighted by atomic mass is 10.1. The second kappa shape index (κ2) is 4.34. The van der Waals surface area contributed by atoms with Crippen molar-refractivity contribution in [2.24, 2.45) is 0 Å². The van der Waals surface area contributed by atoms with Crippen LogP contribution in [0.25, 0.3) is 10.9 Å². The van der Waals surface area contributed by atoms with Crippen LogP contribution in [0.5, 0.6) is 0 Å². The van der Waals surface area contributed by atoms with Gasteiger partial charge in [-0.15, -0.1) is 0 Å². The summed E-state index contributed by atoms with van der Waals surface area (Å²) in [5.74, 6) is 0. The highest BCUT2D eigenvalue weighted by Gasteiger charge is 2.13. The fourth-order valence-electron chi connectivity index (χ4n) is 2.00. The molecule has 0 N–H and O–H groups in total. The fraction of sp³-hybridized carbons (Fsp3) is 0.231. The van der Waals surface area contributed by atoms with Gasteiger partial charge in [0, 0.05) is 29.5 Å². The van der Waals surface area contributed by atoms with Gasteiger partial charge in [-0.1, -0.05) is 15.9 Å². The van der Waals surface area contributed by atoms with Crippen molar-refractivity contribution >= 4 is 32.5 Å². The van der Waals surface area contributed by atoms with Crippen LogP contribution in [0.4, 0.5) is 5.69 Å². The molecule has 1 aromatic heterocycles. The summed E-state index contributed by atoms with van der Waals surface area (Å²) in [6, 6.07) is 8.04. The zero-order valence-corrected chi connectivity index (χ0v) is 11.5. The maximum atomic E-state index is 9.10. The molecule has 1 aromatic carbocycles. The first-order valence-corrected chi connectivity index (χ1v) is 6.01. The van der Waals surface area contributed by atoms with Gasteiger partial charge in [-0.25, -0.2) is 4.98 Å². The Balaban J connectivity index is 2.94. The molecule has 0 aliphatic carbocycles. The molecule has 2 aromatic rings. The van der Waals surface area contributed by atoms with E-state index in [-0.39, 0.29) is 0 Å². The molecule has 0 radical (unpaired) electrons. The van der Waals surface area contributed by atoms with Gasteiger partial charge < -0.3 is 4.90 Å². The summed E-state index contributed by atoms with van der Waals surface area (Å²) in [5.41, 5.74) is 3.30. The van der Waals surface area contributed by atoms with E-state index >= 15 is 0 Å². The molecule has 0 saturated heterocycles. The third kappa shape index (κ3) is 1.98. The third-order valence-electron chi connectivity index (χ3n) is 2.71. The molecule has 3 nitrogen and oxygen atoms in total. The normalized spacial score (nSPS) is 10.3. The van der Waals surface area contributed by atoms with Gasteiger partial charge in [0.25, 0.3) is 0 Å². The first kappa shape index (κ1) is 11.9. The number of pyridine rings is 1. The minimum absolute atomic E-state index is 0.489. The number of rotatable bonds is 1. The second-order valence-corrected chi connectivity index (χ2v) is 5.02. The Morgan fingerprint density at radius 1 is 1.35 bits per heavy atom. The lowest BCUT2D eigenvalue weighted by molar-refractivity contribution is 1.11. The van der Waals surface area contributed by atoms with E-state index in [0.29, 0.717) is 5.69 Å². The van der Waals surface area contributed by atoms with Crippen LogP contribution in [0.2, 0.25) is 0 Å². The smallest absolute Gasteiger partial charge is 0.146 e. The van der Waals surface area contributed by atoms with E-state index in [9.17, 15) is 0 Å². The zero-order valence-electron chi connectivity index (χ0n) is 9.95. The highest BCUT2D eigenvalue weighted by atomic mass is 79.9. The highest BCUT2D eigenvalue weighted by Crippen LogP contribution is 2.31. The molecule has 2 rings (SSSR count). The first-order chi connectivity index (χ1) is 8.04. The molecule has 0 aliphatic rings. The van der Waals surface area contributed by atoms with Crippen molar-refractivity contribution in [1.82, 2.24) is 4.98 Å². The van der Waals surface area contributed by atoms with Gasteiger partial charge >= 0.3 is 0 Å². The Bertz CT molecular complexity index is 627. The number of hydrogen-bond acceptors (Lipinski definition) is 3. The average molecular weight is 290 g/mol. The number of nitriles is 1. The predicted octanol–water partition coefficient (Wildman–Crippen LogP) is 3.24. The SMILES string of the molecule is Cc1c(C#N)nc2ccc(Br)cc2c1N(C)C. The number of anilines is 1. The van der Waals surface area contributed by atoms with Crippen molar-refractivity contribution < 1.29 is 0 Å². The first-order valence-electron chi connectivity index (χ1n) is 5.22. The Morgan fingerprint density at radius 2 is 2.06 bits per heavy atom. The summed E-state index contributed by atoms with van der Waals surface area (Å²) in [7, 11) is 3.95. The molecule has 0 fully saturated rings. The Morgan fingerprint density at radius 3 is 2.65 bits per heavy atom. The van der Waals surface area contributed by atoms with Crippen LogP contribution in [-0.2, 0) is 0 Å². The molecule has 0 atom stereocenters. The predicted molar refractivity (Wildman–Crippen MR) is 73.2 cm³/mol. The Kier molecular flexibility index (Phi) is 3.03. The van der Waals surface area contributed by atoms with E-state index in [1.807, 2.05) is 44.1 Å². The van der Waals surface area contributed by atoms with Gasteiger partial charge in [0.1, 0.15) is 11.8 Å². The van der Waals surface area contributed by atoms with Gasteiger partial charge in [0.05, 0.1) is 11.2 Å². The van der Waals surface area contributed by atoms with Crippen LogP contribution in [0, 0.1) is 18.3 Å². The second-order valence-electron chi connectivity index (χ2n) is 4.10. The number of benzene rings is 1. The van der Waals surface area contributed by atoms with Crippen LogP contribution in [-0.4, -0.2) is 19.1 Å². The maximum absolute atomic E-state index is 9.10. The molecular weight excluding hydrogens is 278 g/mol. The number of nitrogens with zero attached hydrogens (tertiary/aromatic N) is 3. The topological polar surface area (TPSA) is 39.9 Å². The number of aromatic nitrogens is 1. The molecule has 0 spiro atoms. The van der Waals surface area contributed by atoms with Crippen molar-refractivity contribution in [3.05, 3.63) is 33.9 Å². The maximum Gasteiger partial charge on any atom is 0.146 e. The van der Waals surface area contributed by atoms with Gasteiger partial charge in [0.2, 0.25) is 0 Å². The minimum atomic E-state index is 0.489. The van der Waals surface area contributed by atoms with E-state index in [2.05, 4.69) is 27.0 Å². The summed E-state index contributed by atoms with van der Waals surface area (Å²) >= 11 is 3.46. The molecule has 0 bridgehead atoms. The van der Waals surface area contributed by atoms with Gasteiger partial charge in [0.15, 0.2) is 0 Å². The van der Waals surface area contributed by atoms with Gasteiger partial charge in [-0.3, -0.25) is 0 Å². The molecule has 0 aliphatic heterocycles. The molecular formula is C13H12BrN3. The summed E-state index contributed by atoms with van der Waals surface area (Å²) in [6.07, 6.45) is 0. The quantitative estimate of drug-likeness (QED) is 0.809. The Hall–Kier alpha value is -1.60. The zero-order chi connectivity index (χ0) is 12.6. The average Bonchev–Trinajstić information content (AvgIpc) is 2.27. The summed E-state index contributed by atoms with van der Waals surface area (Å²) in [6.45, 7) is 1.93. The van der Waals surface area contributed by atoms with Crippen LogP contribution < -0.4 is 4.90 Å². The lowest BCUT2D eigenvalue weighted by Crippen LogP contribution is -2.12. The van der Waals surface area contributed by atoms with Crippen molar-refractivity contribution in [3.63, 3.8) is 0 Å². The van der Waals surface area contributed by atoms with Crippen molar-refractivity contribution in [1.29, 1.82) is 5.26 Å². The standard InChI is InChI=1S/C13H12BrN3/c1-8-12(7-15)16-11-5-4-9(14)6-10(11)13(8)17(2)3/h4-6H,1-3H3. The summed E-state index contributed by atoms with van der Waals surface area (Å²) in [4.78, 5) is 6.39. The van der Waals surface area contributed by atoms with Crippen molar-refractivity contribution in [3.8, 4) is 6.07 Å². The molecule has 0 unspecified atom stereocenters. The molecule has 86 valence electrons. The lowest BCUT2D eigenvalue weighted by Gasteiger charge is -2.19. The molecule has 0 saturated carbocycles. The largest absolute Gasteiger partial charge is 0.377 e. The van der Waals surface area contributed by atoms with E-state index < -0.39 is 0 Å². The van der Waals surface area contributed by atoms with E-state index in [1.165, 1.54) is 0 Å². The van der Waals surface area contributed by atoms with Crippen LogP contribution >= 0.6 is 15.9 Å². The fourth-order valence-corrected chi connectivity index (χ4v) is 2.36. The van der Waals surface area contributed by atoms with E-state index in [4.69, 9.17) is 5.26 Å². The molecule has 0 amide bonds. The van der Waals surface area contributed by atoms with Crippen molar-refractivity contribution in [2.45, 2.75) is 6.92 Å². The van der Waals surface area contributed by atoms with E-state index in [1.54, 1.807) is 0 Å². The van der Waals surface area contributed by atoms with Crippen LogP contribution in [0.1, 0.15) is 11.3 Å². The van der Waals surface area contributed by atoms with Gasteiger partial charge in [-0.05, 0) is 25.1 Å². The Labute approximate surface area is 109 Å². The highest BCUT2D eigenvalue weighted by molar-refractivity contribution is 9.10. The minimum Gasteiger partial charge on any atom is -0.377 e. The van der Waals surface area contributed by atoms with Gasteiger partial charge in [-0.2, -0.15) is 5.26 Å². The van der Waals surface area contributed by atoms with E-state index in [0.717, 1.165) is 26.6 Å². The van der Waals surface area contributed by atoms with Crippen molar-refractivity contribution in [2.75, 3.05) is 19.0 Å². The number of fused-ring (bicyclic) bond motifs is 1. The number of hydrogen-bond donors (Lipinski definition) is 0. The van der Waals surface area contributed by atoms with Crippen LogP contribution in [0.3, 0.4) is 0 Å². The monoisotopic (exact) mass is 289 g/mol. The van der Waals surface area contributed by atoms with Crippen LogP contribution in [0.15, 0.2) is 22.7 Å². The summed E-state index contributed by atoms with van der Waals surface area (Å²) in [5, 5.41) is 10.2. The number of halogens is 1. The third-order valence-corrected chi connectivity index (χ3v) is 3.20.